The zero-order valence-corrected chi connectivity index (χ0v) is 17.9. The van der Waals surface area contributed by atoms with Crippen LogP contribution in [0.25, 0.3) is 0 Å². The lowest BCUT2D eigenvalue weighted by atomic mass is 10.0. The van der Waals surface area contributed by atoms with E-state index in [1.165, 1.54) is 7.11 Å². The molecule has 1 aromatic carbocycles. The molecule has 0 saturated carbocycles. The fraction of sp³-hybridized carbons (Fsp3) is 0.227. The van der Waals surface area contributed by atoms with Gasteiger partial charge in [0.05, 0.1) is 30.8 Å². The third kappa shape index (κ3) is 4.23. The van der Waals surface area contributed by atoms with Crippen LogP contribution in [0, 0.1) is 0 Å². The number of carbonyl (C=O) groups excluding carboxylic acids is 1. The van der Waals surface area contributed by atoms with E-state index in [0.717, 1.165) is 17.1 Å². The van der Waals surface area contributed by atoms with Crippen LogP contribution in [0.15, 0.2) is 65.4 Å². The zero-order chi connectivity index (χ0) is 21.8. The number of anilines is 2. The van der Waals surface area contributed by atoms with Gasteiger partial charge in [-0.25, -0.2) is 0 Å². The molecule has 2 atom stereocenters. The number of thiocarbonyl (C=S) groups is 1. The van der Waals surface area contributed by atoms with E-state index >= 15 is 0 Å². The molecule has 1 saturated heterocycles. The van der Waals surface area contributed by atoms with Gasteiger partial charge in [-0.3, -0.25) is 9.78 Å². The summed E-state index contributed by atoms with van der Waals surface area (Å²) in [4.78, 5) is 18.6. The topological polar surface area (TPSA) is 88.9 Å². The Morgan fingerprint density at radius 2 is 2.13 bits per heavy atom. The Bertz CT molecular complexity index is 1060. The second-order valence-corrected chi connectivity index (χ2v) is 7.26. The minimum absolute atomic E-state index is 0.0617. The molecule has 9 heteroatoms. The van der Waals surface area contributed by atoms with Crippen LogP contribution in [0.3, 0.4) is 0 Å². The lowest BCUT2D eigenvalue weighted by Crippen LogP contribution is -2.29. The van der Waals surface area contributed by atoms with Gasteiger partial charge in [-0.1, -0.05) is 6.07 Å². The Labute approximate surface area is 185 Å². The minimum Gasteiger partial charge on any atom is -0.495 e. The Morgan fingerprint density at radius 1 is 1.26 bits per heavy atom. The van der Waals surface area contributed by atoms with Crippen molar-refractivity contribution in [2.24, 2.45) is 0 Å². The smallest absolute Gasteiger partial charge is 0.250 e. The Hall–Kier alpha value is -3.43. The summed E-state index contributed by atoms with van der Waals surface area (Å²) in [5, 5.41) is 6.71. The molecule has 2 N–H and O–H groups in total. The van der Waals surface area contributed by atoms with Crippen LogP contribution < -0.4 is 20.3 Å². The third-order valence-corrected chi connectivity index (χ3v) is 5.26. The number of methoxy groups -OCH3 is 2. The third-order valence-electron chi connectivity index (χ3n) is 4.94. The molecule has 1 fully saturated rings. The fourth-order valence-electron chi connectivity index (χ4n) is 3.64. The maximum atomic E-state index is 12.1. The van der Waals surface area contributed by atoms with Gasteiger partial charge in [0.2, 0.25) is 5.91 Å². The van der Waals surface area contributed by atoms with E-state index in [0.29, 0.717) is 16.5 Å². The molecule has 0 spiro atoms. The van der Waals surface area contributed by atoms with Gasteiger partial charge in [0.25, 0.3) is 0 Å². The summed E-state index contributed by atoms with van der Waals surface area (Å²) in [5.74, 6) is 0.986. The number of hydrogen-bond acceptors (Lipinski definition) is 6. The Balaban J connectivity index is 1.75. The number of nitrogens with one attached hydrogen (secondary N) is 2. The number of amides is 1. The molecule has 31 heavy (non-hydrogen) atoms. The molecular formula is C22H22N4O4S. The molecule has 8 nitrogen and oxygen atoms in total. The number of benzene rings is 1. The summed E-state index contributed by atoms with van der Waals surface area (Å²) in [6.45, 7) is -0.0617. The SMILES string of the molecule is COCC(=O)Nc1cc(N2C(=S)N[C@@H](c3ccccn3)[C@@H]2c2ccco2)ccc1OC. The number of rotatable bonds is 7. The lowest BCUT2D eigenvalue weighted by molar-refractivity contribution is -0.119. The van der Waals surface area contributed by atoms with Crippen molar-refractivity contribution in [1.29, 1.82) is 0 Å². The van der Waals surface area contributed by atoms with Crippen LogP contribution in [0.1, 0.15) is 23.5 Å². The number of hydrogen-bond donors (Lipinski definition) is 2. The van der Waals surface area contributed by atoms with Gasteiger partial charge in [-0.15, -0.1) is 0 Å². The van der Waals surface area contributed by atoms with Gasteiger partial charge in [-0.05, 0) is 54.7 Å². The molecule has 0 bridgehead atoms. The second kappa shape index (κ2) is 9.15. The van der Waals surface area contributed by atoms with Crippen molar-refractivity contribution >= 4 is 34.6 Å². The first-order chi connectivity index (χ1) is 15.1. The summed E-state index contributed by atoms with van der Waals surface area (Å²) in [6, 6.07) is 14.5. The number of pyridine rings is 1. The molecule has 160 valence electrons. The molecule has 2 aromatic heterocycles. The quantitative estimate of drug-likeness (QED) is 0.543. The highest BCUT2D eigenvalue weighted by Crippen LogP contribution is 2.43. The molecule has 3 heterocycles. The van der Waals surface area contributed by atoms with Gasteiger partial charge in [0.1, 0.15) is 24.2 Å². The van der Waals surface area contributed by atoms with Gasteiger partial charge in [0, 0.05) is 19.0 Å². The first kappa shape index (κ1) is 20.8. The van der Waals surface area contributed by atoms with Crippen molar-refractivity contribution in [3.05, 3.63) is 72.4 Å². The lowest BCUT2D eigenvalue weighted by Gasteiger charge is -2.26. The highest BCUT2D eigenvalue weighted by molar-refractivity contribution is 7.80. The largest absolute Gasteiger partial charge is 0.495 e. The van der Waals surface area contributed by atoms with Crippen molar-refractivity contribution in [1.82, 2.24) is 10.3 Å². The zero-order valence-electron chi connectivity index (χ0n) is 17.1. The normalized spacial score (nSPS) is 18.0. The molecule has 0 aliphatic carbocycles. The van der Waals surface area contributed by atoms with E-state index in [1.54, 1.807) is 25.6 Å². The number of aromatic nitrogens is 1. The van der Waals surface area contributed by atoms with E-state index in [-0.39, 0.29) is 24.6 Å². The monoisotopic (exact) mass is 438 g/mol. The molecular weight excluding hydrogens is 416 g/mol. The van der Waals surface area contributed by atoms with Crippen LogP contribution in [0.4, 0.5) is 11.4 Å². The molecule has 4 rings (SSSR count). The van der Waals surface area contributed by atoms with Gasteiger partial charge in [0.15, 0.2) is 5.11 Å². The van der Waals surface area contributed by atoms with Gasteiger partial charge < -0.3 is 29.4 Å². The van der Waals surface area contributed by atoms with Crippen LogP contribution in [-0.2, 0) is 9.53 Å². The molecule has 1 aliphatic heterocycles. The second-order valence-electron chi connectivity index (χ2n) is 6.88. The predicted octanol–water partition coefficient (Wildman–Crippen LogP) is 3.45. The van der Waals surface area contributed by atoms with Crippen LogP contribution in [0.2, 0.25) is 0 Å². The van der Waals surface area contributed by atoms with Crippen LogP contribution in [0.5, 0.6) is 5.75 Å². The molecule has 3 aromatic rings. The Morgan fingerprint density at radius 3 is 2.81 bits per heavy atom. The molecule has 0 radical (unpaired) electrons. The first-order valence-electron chi connectivity index (χ1n) is 9.63. The highest BCUT2D eigenvalue weighted by atomic mass is 32.1. The number of carbonyl (C=O) groups is 1. The van der Waals surface area contributed by atoms with E-state index in [1.807, 2.05) is 47.4 Å². The molecule has 1 amide bonds. The number of nitrogens with zero attached hydrogens (tertiary/aromatic N) is 2. The minimum atomic E-state index is -0.283. The van der Waals surface area contributed by atoms with E-state index < -0.39 is 0 Å². The van der Waals surface area contributed by atoms with Gasteiger partial charge in [-0.2, -0.15) is 0 Å². The van der Waals surface area contributed by atoms with Crippen molar-refractivity contribution in [3.8, 4) is 5.75 Å². The van der Waals surface area contributed by atoms with Crippen molar-refractivity contribution < 1.29 is 18.7 Å². The highest BCUT2D eigenvalue weighted by Gasteiger charge is 2.42. The van der Waals surface area contributed by atoms with E-state index in [4.69, 9.17) is 26.1 Å². The maximum absolute atomic E-state index is 12.1. The average molecular weight is 439 g/mol. The predicted molar refractivity (Wildman–Crippen MR) is 120 cm³/mol. The van der Waals surface area contributed by atoms with Crippen LogP contribution in [-0.4, -0.2) is 36.8 Å². The average Bonchev–Trinajstić information content (AvgIpc) is 3.42. The standard InChI is InChI=1S/C22H22N4O4S/c1-28-13-19(27)24-16-12-14(8-9-17(16)29-2)26-21(18-7-5-11-30-18)20(25-22(26)31)15-6-3-4-10-23-15/h3-12,20-21H,13H2,1-2H3,(H,24,27)(H,25,31)/t20-,21-/m0/s1. The van der Waals surface area contributed by atoms with E-state index in [2.05, 4.69) is 15.6 Å². The summed E-state index contributed by atoms with van der Waals surface area (Å²) in [5.41, 5.74) is 2.13. The van der Waals surface area contributed by atoms with Crippen molar-refractivity contribution in [2.75, 3.05) is 31.0 Å². The number of ether oxygens (including phenoxy) is 2. The van der Waals surface area contributed by atoms with Crippen molar-refractivity contribution in [2.45, 2.75) is 12.1 Å². The Kier molecular flexibility index (Phi) is 6.15. The summed E-state index contributed by atoms with van der Waals surface area (Å²) in [6.07, 6.45) is 3.38. The van der Waals surface area contributed by atoms with E-state index in [9.17, 15) is 4.79 Å². The summed E-state index contributed by atoms with van der Waals surface area (Å²) < 4.78 is 16.1. The van der Waals surface area contributed by atoms with Crippen molar-refractivity contribution in [3.63, 3.8) is 0 Å². The first-order valence-corrected chi connectivity index (χ1v) is 10.0. The summed E-state index contributed by atoms with van der Waals surface area (Å²) in [7, 11) is 3.01. The summed E-state index contributed by atoms with van der Waals surface area (Å²) >= 11 is 5.69. The molecule has 1 aliphatic rings. The van der Waals surface area contributed by atoms with Crippen LogP contribution >= 0.6 is 12.2 Å². The maximum Gasteiger partial charge on any atom is 0.250 e. The number of furan rings is 1. The van der Waals surface area contributed by atoms with Gasteiger partial charge >= 0.3 is 0 Å². The molecule has 0 unspecified atom stereocenters. The fourth-order valence-corrected chi connectivity index (χ4v) is 3.99.